The molecule has 1 saturated heterocycles. The van der Waals surface area contributed by atoms with E-state index in [4.69, 9.17) is 4.74 Å². The van der Waals surface area contributed by atoms with Crippen molar-refractivity contribution in [2.45, 2.75) is 51.9 Å². The summed E-state index contributed by atoms with van der Waals surface area (Å²) in [6, 6.07) is 0.674. The molecule has 2 atom stereocenters. The van der Waals surface area contributed by atoms with Crippen molar-refractivity contribution in [3.8, 4) is 0 Å². The van der Waals surface area contributed by atoms with Crippen LogP contribution < -0.4 is 0 Å². The molecule has 2 nitrogen and oxygen atoms in total. The zero-order valence-corrected chi connectivity index (χ0v) is 8.99. The van der Waals surface area contributed by atoms with Gasteiger partial charge < -0.3 is 4.74 Å². The second kappa shape index (κ2) is 3.58. The quantitative estimate of drug-likeness (QED) is 0.648. The van der Waals surface area contributed by atoms with Gasteiger partial charge in [0.15, 0.2) is 0 Å². The average Bonchev–Trinajstić information content (AvgIpc) is 2.85. The topological polar surface area (TPSA) is 12.5 Å². The first-order valence-electron chi connectivity index (χ1n) is 5.56. The van der Waals surface area contributed by atoms with Crippen LogP contribution in [-0.4, -0.2) is 36.2 Å². The standard InChI is InChI=1S/C11H21NO/c1-8(2)12-6-9(3)13-11(7-12)10-4-5-10/h8-11H,4-7H2,1-3H3. The van der Waals surface area contributed by atoms with Crippen LogP contribution in [0.4, 0.5) is 0 Å². The number of ether oxygens (including phenoxy) is 1. The summed E-state index contributed by atoms with van der Waals surface area (Å²) in [6.07, 6.45) is 3.75. The third-order valence-electron chi connectivity index (χ3n) is 3.19. The molecule has 13 heavy (non-hydrogen) atoms. The van der Waals surface area contributed by atoms with E-state index in [1.165, 1.54) is 12.8 Å². The number of hydrogen-bond donors (Lipinski definition) is 0. The maximum atomic E-state index is 5.95. The molecule has 0 radical (unpaired) electrons. The summed E-state index contributed by atoms with van der Waals surface area (Å²) in [4.78, 5) is 2.55. The SMILES string of the molecule is CC1CN(C(C)C)CC(C2CC2)O1. The van der Waals surface area contributed by atoms with Crippen LogP contribution in [0.5, 0.6) is 0 Å². The van der Waals surface area contributed by atoms with E-state index >= 15 is 0 Å². The smallest absolute Gasteiger partial charge is 0.0734 e. The van der Waals surface area contributed by atoms with Crippen molar-refractivity contribution in [2.24, 2.45) is 5.92 Å². The van der Waals surface area contributed by atoms with Crippen LogP contribution in [0.1, 0.15) is 33.6 Å². The second-order valence-corrected chi connectivity index (χ2v) is 4.87. The van der Waals surface area contributed by atoms with Crippen molar-refractivity contribution in [1.82, 2.24) is 4.90 Å². The van der Waals surface area contributed by atoms with Crippen molar-refractivity contribution in [1.29, 1.82) is 0 Å². The lowest BCUT2D eigenvalue weighted by molar-refractivity contribution is -0.0935. The van der Waals surface area contributed by atoms with Crippen LogP contribution in [0, 0.1) is 5.92 Å². The Morgan fingerprint density at radius 3 is 2.46 bits per heavy atom. The molecule has 0 aromatic heterocycles. The minimum Gasteiger partial charge on any atom is -0.372 e. The Labute approximate surface area is 81.3 Å². The van der Waals surface area contributed by atoms with Gasteiger partial charge in [-0.1, -0.05) is 0 Å². The number of morpholine rings is 1. The van der Waals surface area contributed by atoms with E-state index in [9.17, 15) is 0 Å². The van der Waals surface area contributed by atoms with E-state index in [2.05, 4.69) is 25.7 Å². The molecule has 1 aliphatic carbocycles. The highest BCUT2D eigenvalue weighted by Crippen LogP contribution is 2.36. The van der Waals surface area contributed by atoms with Gasteiger partial charge in [-0.2, -0.15) is 0 Å². The molecule has 0 amide bonds. The molecule has 2 heteroatoms. The number of hydrogen-bond acceptors (Lipinski definition) is 2. The summed E-state index contributed by atoms with van der Waals surface area (Å²) in [5.74, 6) is 0.879. The van der Waals surface area contributed by atoms with Crippen LogP contribution >= 0.6 is 0 Å². The summed E-state index contributed by atoms with van der Waals surface area (Å²) in [5.41, 5.74) is 0. The zero-order chi connectivity index (χ0) is 9.42. The van der Waals surface area contributed by atoms with Crippen molar-refractivity contribution in [3.05, 3.63) is 0 Å². The minimum absolute atomic E-state index is 0.432. The van der Waals surface area contributed by atoms with E-state index in [1.54, 1.807) is 0 Å². The Morgan fingerprint density at radius 2 is 1.92 bits per heavy atom. The third kappa shape index (κ3) is 2.23. The molecule has 0 N–H and O–H groups in total. The van der Waals surface area contributed by atoms with Gasteiger partial charge in [-0.05, 0) is 39.5 Å². The molecule has 0 bridgehead atoms. The Hall–Kier alpha value is -0.0800. The lowest BCUT2D eigenvalue weighted by Gasteiger charge is -2.39. The predicted octanol–water partition coefficient (Wildman–Crippen LogP) is 1.89. The van der Waals surface area contributed by atoms with Crippen LogP contribution in [0.2, 0.25) is 0 Å². The third-order valence-corrected chi connectivity index (χ3v) is 3.19. The normalized spacial score (nSPS) is 36.9. The van der Waals surface area contributed by atoms with Crippen LogP contribution in [0.25, 0.3) is 0 Å². The highest BCUT2D eigenvalue weighted by atomic mass is 16.5. The van der Waals surface area contributed by atoms with Gasteiger partial charge in [0.2, 0.25) is 0 Å². The lowest BCUT2D eigenvalue weighted by atomic mass is 10.1. The van der Waals surface area contributed by atoms with Crippen LogP contribution in [-0.2, 0) is 4.74 Å². The van der Waals surface area contributed by atoms with Crippen molar-refractivity contribution >= 4 is 0 Å². The summed E-state index contributed by atoms with van der Waals surface area (Å²) in [5, 5.41) is 0. The van der Waals surface area contributed by atoms with Gasteiger partial charge in [0.25, 0.3) is 0 Å². The summed E-state index contributed by atoms with van der Waals surface area (Å²) in [6.45, 7) is 9.03. The molecule has 1 saturated carbocycles. The molecule has 76 valence electrons. The van der Waals surface area contributed by atoms with Gasteiger partial charge in [-0.25, -0.2) is 0 Å². The Balaban J connectivity index is 1.92. The molecule has 2 rings (SSSR count). The minimum atomic E-state index is 0.432. The molecular weight excluding hydrogens is 162 g/mol. The van der Waals surface area contributed by atoms with E-state index in [0.29, 0.717) is 18.2 Å². The highest BCUT2D eigenvalue weighted by Gasteiger charge is 2.37. The first kappa shape index (κ1) is 9.47. The summed E-state index contributed by atoms with van der Waals surface area (Å²) in [7, 11) is 0. The van der Waals surface area contributed by atoms with Crippen molar-refractivity contribution < 1.29 is 4.74 Å². The van der Waals surface area contributed by atoms with E-state index in [0.717, 1.165) is 19.0 Å². The van der Waals surface area contributed by atoms with Gasteiger partial charge in [-0.15, -0.1) is 0 Å². The predicted molar refractivity (Wildman–Crippen MR) is 53.8 cm³/mol. The van der Waals surface area contributed by atoms with E-state index in [1.807, 2.05) is 0 Å². The number of rotatable bonds is 2. The molecule has 0 aromatic rings. The zero-order valence-electron chi connectivity index (χ0n) is 8.99. The fourth-order valence-electron chi connectivity index (χ4n) is 2.17. The van der Waals surface area contributed by atoms with E-state index in [-0.39, 0.29) is 0 Å². The fourth-order valence-corrected chi connectivity index (χ4v) is 2.17. The van der Waals surface area contributed by atoms with Gasteiger partial charge in [0, 0.05) is 19.1 Å². The van der Waals surface area contributed by atoms with Crippen molar-refractivity contribution in [2.75, 3.05) is 13.1 Å². The maximum Gasteiger partial charge on any atom is 0.0734 e. The lowest BCUT2D eigenvalue weighted by Crippen LogP contribution is -2.50. The first-order valence-corrected chi connectivity index (χ1v) is 5.56. The summed E-state index contributed by atoms with van der Waals surface area (Å²) < 4.78 is 5.95. The monoisotopic (exact) mass is 183 g/mol. The van der Waals surface area contributed by atoms with Gasteiger partial charge in [0.05, 0.1) is 12.2 Å². The molecule has 0 aromatic carbocycles. The molecule has 1 aliphatic heterocycles. The Morgan fingerprint density at radius 1 is 1.23 bits per heavy atom. The molecule has 0 spiro atoms. The number of nitrogens with zero attached hydrogens (tertiary/aromatic N) is 1. The molecule has 2 unspecified atom stereocenters. The Kier molecular flexibility index (Phi) is 2.61. The van der Waals surface area contributed by atoms with Gasteiger partial charge >= 0.3 is 0 Å². The van der Waals surface area contributed by atoms with Gasteiger partial charge in [-0.3, -0.25) is 4.90 Å². The summed E-state index contributed by atoms with van der Waals surface area (Å²) >= 11 is 0. The molecule has 2 fully saturated rings. The average molecular weight is 183 g/mol. The maximum absolute atomic E-state index is 5.95. The van der Waals surface area contributed by atoms with Crippen LogP contribution in [0.15, 0.2) is 0 Å². The van der Waals surface area contributed by atoms with E-state index < -0.39 is 0 Å². The Bertz CT molecular complexity index is 167. The fraction of sp³-hybridized carbons (Fsp3) is 1.00. The molecular formula is C11H21NO. The van der Waals surface area contributed by atoms with Crippen molar-refractivity contribution in [3.63, 3.8) is 0 Å². The van der Waals surface area contributed by atoms with Crippen LogP contribution in [0.3, 0.4) is 0 Å². The first-order chi connectivity index (χ1) is 6.16. The molecule has 2 aliphatic rings. The molecule has 1 heterocycles. The second-order valence-electron chi connectivity index (χ2n) is 4.87. The largest absolute Gasteiger partial charge is 0.372 e. The highest BCUT2D eigenvalue weighted by molar-refractivity contribution is 4.88. The van der Waals surface area contributed by atoms with Gasteiger partial charge in [0.1, 0.15) is 0 Å².